The highest BCUT2D eigenvalue weighted by Crippen LogP contribution is 2.36. The standard InChI is InChI=1S/C11H19IO/c1-8(2)10-4-6-11(7-5-10)9(3)13-12/h8,10-11H,3-7H2,1-2H3. The maximum atomic E-state index is 5.16. The summed E-state index contributed by atoms with van der Waals surface area (Å²) in [6.07, 6.45) is 5.23. The van der Waals surface area contributed by atoms with Gasteiger partial charge in [-0.1, -0.05) is 20.4 Å². The van der Waals surface area contributed by atoms with E-state index in [1.165, 1.54) is 25.7 Å². The maximum absolute atomic E-state index is 5.16. The molecule has 2 heteroatoms. The van der Waals surface area contributed by atoms with Crippen LogP contribution < -0.4 is 0 Å². The molecule has 0 radical (unpaired) electrons. The van der Waals surface area contributed by atoms with Gasteiger partial charge in [0.05, 0.1) is 0 Å². The minimum Gasteiger partial charge on any atom is -0.433 e. The van der Waals surface area contributed by atoms with Gasteiger partial charge in [0.2, 0.25) is 0 Å². The van der Waals surface area contributed by atoms with Crippen molar-refractivity contribution in [1.82, 2.24) is 0 Å². The summed E-state index contributed by atoms with van der Waals surface area (Å²) in [7, 11) is 0. The number of hydrogen-bond acceptors (Lipinski definition) is 1. The SMILES string of the molecule is C=C(OI)C1CCC(C(C)C)CC1. The molecule has 0 N–H and O–H groups in total. The van der Waals surface area contributed by atoms with Crippen LogP contribution in [-0.4, -0.2) is 0 Å². The summed E-state index contributed by atoms with van der Waals surface area (Å²) in [6, 6.07) is 0. The highest BCUT2D eigenvalue weighted by molar-refractivity contribution is 14.1. The molecular formula is C11H19IO. The van der Waals surface area contributed by atoms with E-state index in [0.29, 0.717) is 5.92 Å². The maximum Gasteiger partial charge on any atom is 0.192 e. The molecule has 76 valence electrons. The molecule has 0 unspecified atom stereocenters. The third-order valence-corrected chi connectivity index (χ3v) is 3.83. The second-order valence-corrected chi connectivity index (χ2v) is 4.84. The van der Waals surface area contributed by atoms with Crippen LogP contribution in [0.15, 0.2) is 12.3 Å². The molecule has 0 aromatic rings. The number of hydrogen-bond donors (Lipinski definition) is 0. The molecule has 0 aromatic carbocycles. The Balaban J connectivity index is 2.34. The van der Waals surface area contributed by atoms with Gasteiger partial charge in [-0.3, -0.25) is 0 Å². The van der Waals surface area contributed by atoms with Crippen LogP contribution in [0, 0.1) is 17.8 Å². The van der Waals surface area contributed by atoms with E-state index in [1.54, 1.807) is 0 Å². The van der Waals surface area contributed by atoms with Gasteiger partial charge in [0.1, 0.15) is 5.76 Å². The van der Waals surface area contributed by atoms with Gasteiger partial charge in [0.15, 0.2) is 23.0 Å². The first kappa shape index (κ1) is 11.3. The monoisotopic (exact) mass is 294 g/mol. The highest BCUT2D eigenvalue weighted by Gasteiger charge is 2.25. The third kappa shape index (κ3) is 3.15. The summed E-state index contributed by atoms with van der Waals surface area (Å²) in [6.45, 7) is 8.59. The molecule has 0 atom stereocenters. The van der Waals surface area contributed by atoms with Crippen molar-refractivity contribution in [2.45, 2.75) is 39.5 Å². The lowest BCUT2D eigenvalue weighted by Crippen LogP contribution is -2.19. The van der Waals surface area contributed by atoms with E-state index < -0.39 is 0 Å². The third-order valence-electron chi connectivity index (χ3n) is 3.27. The van der Waals surface area contributed by atoms with Gasteiger partial charge >= 0.3 is 0 Å². The van der Waals surface area contributed by atoms with Crippen LogP contribution in [0.2, 0.25) is 0 Å². The average molecular weight is 294 g/mol. The summed E-state index contributed by atoms with van der Waals surface area (Å²) >= 11 is 1.93. The van der Waals surface area contributed by atoms with Crippen LogP contribution in [0.1, 0.15) is 39.5 Å². The van der Waals surface area contributed by atoms with Crippen LogP contribution >= 0.6 is 23.0 Å². The predicted octanol–water partition coefficient (Wildman–Crippen LogP) is 4.33. The zero-order chi connectivity index (χ0) is 9.84. The topological polar surface area (TPSA) is 9.23 Å². The van der Waals surface area contributed by atoms with Crippen molar-refractivity contribution in [3.63, 3.8) is 0 Å². The molecule has 0 spiro atoms. The Morgan fingerprint density at radius 3 is 2.23 bits per heavy atom. The van der Waals surface area contributed by atoms with E-state index in [-0.39, 0.29) is 0 Å². The zero-order valence-electron chi connectivity index (χ0n) is 8.55. The quantitative estimate of drug-likeness (QED) is 0.556. The second kappa shape index (κ2) is 5.23. The highest BCUT2D eigenvalue weighted by atomic mass is 127. The molecule has 1 aliphatic rings. The molecule has 0 aliphatic heterocycles. The van der Waals surface area contributed by atoms with Crippen LogP contribution in [0.5, 0.6) is 0 Å². The zero-order valence-corrected chi connectivity index (χ0v) is 10.7. The minimum absolute atomic E-state index is 0.617. The first-order chi connectivity index (χ1) is 6.15. The molecule has 13 heavy (non-hydrogen) atoms. The normalized spacial score (nSPS) is 28.9. The van der Waals surface area contributed by atoms with Gasteiger partial charge in [0, 0.05) is 5.92 Å². The van der Waals surface area contributed by atoms with Crippen molar-refractivity contribution in [1.29, 1.82) is 0 Å². The molecule has 1 saturated carbocycles. The van der Waals surface area contributed by atoms with Crippen LogP contribution in [0.3, 0.4) is 0 Å². The first-order valence-electron chi connectivity index (χ1n) is 5.12. The number of halogens is 1. The van der Waals surface area contributed by atoms with Gasteiger partial charge in [-0.2, -0.15) is 0 Å². The summed E-state index contributed by atoms with van der Waals surface area (Å²) < 4.78 is 5.16. The van der Waals surface area contributed by atoms with Gasteiger partial charge < -0.3 is 3.07 Å². The van der Waals surface area contributed by atoms with Crippen molar-refractivity contribution in [2.24, 2.45) is 17.8 Å². The fourth-order valence-corrected chi connectivity index (χ4v) is 2.53. The van der Waals surface area contributed by atoms with E-state index in [2.05, 4.69) is 20.4 Å². The van der Waals surface area contributed by atoms with E-state index >= 15 is 0 Å². The molecule has 0 heterocycles. The number of allylic oxidation sites excluding steroid dienone is 1. The fourth-order valence-electron chi connectivity index (χ4n) is 2.17. The molecule has 0 saturated heterocycles. The molecule has 0 bridgehead atoms. The Bertz CT molecular complexity index is 169. The van der Waals surface area contributed by atoms with Gasteiger partial charge in [-0.15, -0.1) is 0 Å². The Hall–Kier alpha value is 0.270. The lowest BCUT2D eigenvalue weighted by Gasteiger charge is -2.30. The van der Waals surface area contributed by atoms with Gasteiger partial charge in [-0.25, -0.2) is 0 Å². The van der Waals surface area contributed by atoms with Crippen molar-refractivity contribution < 1.29 is 3.07 Å². The Morgan fingerprint density at radius 1 is 1.31 bits per heavy atom. The van der Waals surface area contributed by atoms with Crippen LogP contribution in [0.4, 0.5) is 0 Å². The van der Waals surface area contributed by atoms with Crippen molar-refractivity contribution >= 4 is 23.0 Å². The Labute approximate surface area is 95.6 Å². The first-order valence-corrected chi connectivity index (χ1v) is 6.00. The van der Waals surface area contributed by atoms with E-state index in [1.807, 2.05) is 23.0 Å². The minimum atomic E-state index is 0.617. The lowest BCUT2D eigenvalue weighted by molar-refractivity contribution is 0.222. The molecular weight excluding hydrogens is 275 g/mol. The molecule has 1 rings (SSSR count). The van der Waals surface area contributed by atoms with Crippen molar-refractivity contribution in [2.75, 3.05) is 0 Å². The van der Waals surface area contributed by atoms with Gasteiger partial charge in [0.25, 0.3) is 0 Å². The van der Waals surface area contributed by atoms with Crippen molar-refractivity contribution in [3.05, 3.63) is 12.3 Å². The summed E-state index contributed by atoms with van der Waals surface area (Å²) in [4.78, 5) is 0. The van der Waals surface area contributed by atoms with E-state index in [9.17, 15) is 0 Å². The Morgan fingerprint density at radius 2 is 1.85 bits per heavy atom. The predicted molar refractivity (Wildman–Crippen MR) is 64.5 cm³/mol. The Kier molecular flexibility index (Phi) is 4.56. The molecule has 1 aliphatic carbocycles. The molecule has 1 nitrogen and oxygen atoms in total. The number of rotatable bonds is 3. The molecule has 0 aromatic heterocycles. The fraction of sp³-hybridized carbons (Fsp3) is 0.818. The van der Waals surface area contributed by atoms with Gasteiger partial charge in [-0.05, 0) is 37.5 Å². The largest absolute Gasteiger partial charge is 0.433 e. The smallest absolute Gasteiger partial charge is 0.192 e. The molecule has 1 fully saturated rings. The second-order valence-electron chi connectivity index (χ2n) is 4.40. The summed E-state index contributed by atoms with van der Waals surface area (Å²) in [5, 5.41) is 0. The van der Waals surface area contributed by atoms with E-state index in [4.69, 9.17) is 3.07 Å². The van der Waals surface area contributed by atoms with Crippen molar-refractivity contribution in [3.8, 4) is 0 Å². The lowest BCUT2D eigenvalue weighted by atomic mass is 9.76. The summed E-state index contributed by atoms with van der Waals surface area (Å²) in [5.74, 6) is 3.36. The average Bonchev–Trinajstić information content (AvgIpc) is 2.17. The van der Waals surface area contributed by atoms with Crippen LogP contribution in [-0.2, 0) is 3.07 Å². The van der Waals surface area contributed by atoms with Crippen LogP contribution in [0.25, 0.3) is 0 Å². The molecule has 0 amide bonds. The summed E-state index contributed by atoms with van der Waals surface area (Å²) in [5.41, 5.74) is 0. The van der Waals surface area contributed by atoms with E-state index in [0.717, 1.165) is 17.6 Å².